The number of nitrogens with one attached hydrogen (secondary N) is 1. The third-order valence-electron chi connectivity index (χ3n) is 7.31. The molecule has 5 aromatic rings. The maximum Gasteiger partial charge on any atom is 0.337 e. The van der Waals surface area contributed by atoms with Gasteiger partial charge >= 0.3 is 5.97 Å². The van der Waals surface area contributed by atoms with E-state index in [0.717, 1.165) is 27.9 Å². The Hall–Kier alpha value is -4.66. The van der Waals surface area contributed by atoms with Crippen molar-refractivity contribution in [1.82, 2.24) is 9.97 Å². The zero-order valence-electron chi connectivity index (χ0n) is 22.7. The highest BCUT2D eigenvalue weighted by Crippen LogP contribution is 2.38. The summed E-state index contributed by atoms with van der Waals surface area (Å²) in [4.78, 5) is 22.6. The number of pyridine rings is 1. The molecular formula is C33H31N3O5. The van der Waals surface area contributed by atoms with Crippen LogP contribution in [0.5, 0.6) is 5.75 Å². The number of rotatable bonds is 9. The fraction of sp³-hybridized carbons (Fsp3) is 0.212. The summed E-state index contributed by atoms with van der Waals surface area (Å²) < 4.78 is 17.2. The van der Waals surface area contributed by atoms with Gasteiger partial charge in [0.15, 0.2) is 5.82 Å². The SMILES string of the molecule is COc1cc(C2COCCO2)ccc1-c1cc2c(C(=O)O)cnc(N(Cc3ccccc3)Cc3ccccc3)c2[nH]1. The topological polar surface area (TPSA) is 96.9 Å². The fourth-order valence-electron chi connectivity index (χ4n) is 5.28. The van der Waals surface area contributed by atoms with E-state index in [4.69, 9.17) is 19.2 Å². The van der Waals surface area contributed by atoms with Gasteiger partial charge in [0.1, 0.15) is 11.9 Å². The Bertz CT molecular complexity index is 1600. The number of carboxylic acid groups (broad SMARTS) is 1. The number of aromatic nitrogens is 2. The van der Waals surface area contributed by atoms with Crippen LogP contribution in [0.1, 0.15) is 33.2 Å². The summed E-state index contributed by atoms with van der Waals surface area (Å²) in [6.45, 7) is 2.83. The molecule has 1 aliphatic rings. The van der Waals surface area contributed by atoms with Crippen molar-refractivity contribution in [2.45, 2.75) is 19.2 Å². The van der Waals surface area contributed by atoms with E-state index < -0.39 is 5.97 Å². The number of aromatic carboxylic acids is 1. The summed E-state index contributed by atoms with van der Waals surface area (Å²) in [6, 6.07) is 28.1. The van der Waals surface area contributed by atoms with E-state index in [2.05, 4.69) is 34.1 Å². The van der Waals surface area contributed by atoms with Crippen molar-refractivity contribution < 1.29 is 24.1 Å². The lowest BCUT2D eigenvalue weighted by atomic mass is 10.0. The smallest absolute Gasteiger partial charge is 0.337 e. The average Bonchev–Trinajstić information content (AvgIpc) is 3.46. The maximum atomic E-state index is 12.2. The molecule has 8 nitrogen and oxygen atoms in total. The number of benzene rings is 3. The lowest BCUT2D eigenvalue weighted by molar-refractivity contribution is -0.0901. The summed E-state index contributed by atoms with van der Waals surface area (Å²) in [6.07, 6.45) is 1.29. The first-order valence-corrected chi connectivity index (χ1v) is 13.6. The molecule has 0 aliphatic carbocycles. The molecule has 208 valence electrons. The summed E-state index contributed by atoms with van der Waals surface area (Å²) in [5, 5.41) is 10.6. The van der Waals surface area contributed by atoms with Crippen molar-refractivity contribution >= 4 is 22.7 Å². The monoisotopic (exact) mass is 549 g/mol. The normalized spacial score (nSPS) is 15.1. The molecule has 1 atom stereocenters. The maximum absolute atomic E-state index is 12.2. The number of carbonyl (C=O) groups is 1. The predicted molar refractivity (Wildman–Crippen MR) is 157 cm³/mol. The number of nitrogens with zero attached hydrogens (tertiary/aromatic N) is 2. The molecule has 2 aromatic heterocycles. The van der Waals surface area contributed by atoms with E-state index in [0.29, 0.717) is 55.4 Å². The third-order valence-corrected chi connectivity index (χ3v) is 7.31. The molecule has 2 N–H and O–H groups in total. The van der Waals surface area contributed by atoms with Gasteiger partial charge in [-0.3, -0.25) is 0 Å². The molecule has 0 bridgehead atoms. The van der Waals surface area contributed by atoms with Crippen LogP contribution in [0.15, 0.2) is 91.1 Å². The molecule has 8 heteroatoms. The molecule has 0 radical (unpaired) electrons. The van der Waals surface area contributed by atoms with Crippen LogP contribution in [0.2, 0.25) is 0 Å². The zero-order valence-corrected chi connectivity index (χ0v) is 22.7. The number of ether oxygens (including phenoxy) is 3. The Morgan fingerprint density at radius 2 is 1.71 bits per heavy atom. The molecule has 1 unspecified atom stereocenters. The Morgan fingerprint density at radius 3 is 2.32 bits per heavy atom. The summed E-state index contributed by atoms with van der Waals surface area (Å²) in [5.74, 6) is 0.293. The van der Waals surface area contributed by atoms with Crippen LogP contribution < -0.4 is 9.64 Å². The largest absolute Gasteiger partial charge is 0.496 e. The first kappa shape index (κ1) is 26.6. The Labute approximate surface area is 238 Å². The summed E-state index contributed by atoms with van der Waals surface area (Å²) in [5.41, 5.74) is 5.55. The molecule has 41 heavy (non-hydrogen) atoms. The van der Waals surface area contributed by atoms with Crippen LogP contribution in [0.4, 0.5) is 5.82 Å². The van der Waals surface area contributed by atoms with E-state index in [9.17, 15) is 9.90 Å². The molecule has 0 saturated carbocycles. The highest BCUT2D eigenvalue weighted by Gasteiger charge is 2.23. The third kappa shape index (κ3) is 5.66. The molecular weight excluding hydrogens is 518 g/mol. The average molecular weight is 550 g/mol. The van der Waals surface area contributed by atoms with Gasteiger partial charge in [0.25, 0.3) is 0 Å². The minimum atomic E-state index is -1.03. The fourth-order valence-corrected chi connectivity index (χ4v) is 5.28. The van der Waals surface area contributed by atoms with Crippen LogP contribution in [0.3, 0.4) is 0 Å². The van der Waals surface area contributed by atoms with Gasteiger partial charge < -0.3 is 29.2 Å². The van der Waals surface area contributed by atoms with Crippen molar-refractivity contribution in [1.29, 1.82) is 0 Å². The Kier molecular flexibility index (Phi) is 7.67. The van der Waals surface area contributed by atoms with Crippen molar-refractivity contribution in [3.05, 3.63) is 113 Å². The van der Waals surface area contributed by atoms with Crippen molar-refractivity contribution in [3.8, 4) is 17.0 Å². The van der Waals surface area contributed by atoms with E-state index in [1.165, 1.54) is 6.20 Å². The van der Waals surface area contributed by atoms with Gasteiger partial charge in [-0.1, -0.05) is 66.7 Å². The number of methoxy groups -OCH3 is 1. The van der Waals surface area contributed by atoms with Crippen LogP contribution >= 0.6 is 0 Å². The molecule has 0 amide bonds. The van der Waals surface area contributed by atoms with Crippen molar-refractivity contribution in [2.75, 3.05) is 31.8 Å². The van der Waals surface area contributed by atoms with Gasteiger partial charge in [-0.15, -0.1) is 0 Å². The minimum absolute atomic E-state index is 0.133. The van der Waals surface area contributed by atoms with E-state index >= 15 is 0 Å². The van der Waals surface area contributed by atoms with Crippen LogP contribution in [-0.4, -0.2) is 48.0 Å². The van der Waals surface area contributed by atoms with Gasteiger partial charge in [0.2, 0.25) is 0 Å². The highest BCUT2D eigenvalue weighted by atomic mass is 16.6. The van der Waals surface area contributed by atoms with Gasteiger partial charge in [0.05, 0.1) is 43.7 Å². The van der Waals surface area contributed by atoms with Crippen molar-refractivity contribution in [3.63, 3.8) is 0 Å². The molecule has 0 spiro atoms. The summed E-state index contributed by atoms with van der Waals surface area (Å²) >= 11 is 0. The van der Waals surface area contributed by atoms with Gasteiger partial charge in [-0.2, -0.15) is 0 Å². The Morgan fingerprint density at radius 1 is 1.00 bits per heavy atom. The second-order valence-corrected chi connectivity index (χ2v) is 9.99. The van der Waals surface area contributed by atoms with Gasteiger partial charge in [0, 0.05) is 30.2 Å². The number of fused-ring (bicyclic) bond motifs is 1. The molecule has 3 aromatic carbocycles. The second kappa shape index (κ2) is 11.8. The first-order chi connectivity index (χ1) is 20.1. The standard InChI is InChI=1S/C33H31N3O5/c1-39-29-16-24(30-21-40-14-15-41-30)12-13-25(29)28-17-26-27(33(37)38)18-34-32(31(26)35-28)36(19-22-8-4-2-5-9-22)20-23-10-6-3-7-11-23/h2-13,16-18,30,35H,14-15,19-21H2,1H3,(H,37,38). The van der Waals surface area contributed by atoms with Crippen LogP contribution in [0.25, 0.3) is 22.2 Å². The second-order valence-electron chi connectivity index (χ2n) is 9.99. The molecule has 1 fully saturated rings. The zero-order chi connectivity index (χ0) is 28.2. The number of H-pyrrole nitrogens is 1. The predicted octanol–water partition coefficient (Wildman–Crippen LogP) is 6.23. The van der Waals surface area contributed by atoms with Crippen molar-refractivity contribution in [2.24, 2.45) is 0 Å². The number of hydrogen-bond acceptors (Lipinski definition) is 6. The molecule has 3 heterocycles. The number of carboxylic acids is 1. The number of hydrogen-bond donors (Lipinski definition) is 2. The van der Waals surface area contributed by atoms with Crippen LogP contribution in [-0.2, 0) is 22.6 Å². The van der Waals surface area contributed by atoms with E-state index in [1.807, 2.05) is 60.7 Å². The van der Waals surface area contributed by atoms with E-state index in [1.54, 1.807) is 7.11 Å². The molecule has 1 aliphatic heterocycles. The summed E-state index contributed by atoms with van der Waals surface area (Å²) in [7, 11) is 1.63. The van der Waals surface area contributed by atoms with Gasteiger partial charge in [-0.25, -0.2) is 9.78 Å². The lowest BCUT2D eigenvalue weighted by Crippen LogP contribution is -2.23. The van der Waals surface area contributed by atoms with Crippen LogP contribution in [0, 0.1) is 0 Å². The molecule has 6 rings (SSSR count). The number of anilines is 1. The first-order valence-electron chi connectivity index (χ1n) is 13.6. The highest BCUT2D eigenvalue weighted by molar-refractivity contribution is 6.07. The van der Waals surface area contributed by atoms with Gasteiger partial charge in [-0.05, 0) is 34.9 Å². The molecule has 1 saturated heterocycles. The quantitative estimate of drug-likeness (QED) is 0.225. The number of aromatic amines is 1. The minimum Gasteiger partial charge on any atom is -0.496 e. The van der Waals surface area contributed by atoms with E-state index in [-0.39, 0.29) is 11.7 Å². The Balaban J connectivity index is 1.45. The lowest BCUT2D eigenvalue weighted by Gasteiger charge is -2.25.